The van der Waals surface area contributed by atoms with Crippen LogP contribution in [-0.2, 0) is 6.54 Å². The molecule has 35 heavy (non-hydrogen) atoms. The molecule has 0 spiro atoms. The predicted octanol–water partition coefficient (Wildman–Crippen LogP) is 2.45. The Labute approximate surface area is 203 Å². The number of hydrogen-bond acceptors (Lipinski definition) is 11. The average Bonchev–Trinajstić information content (AvgIpc) is 3.44. The van der Waals surface area contributed by atoms with E-state index in [1.54, 1.807) is 12.3 Å². The van der Waals surface area contributed by atoms with Gasteiger partial charge in [-0.1, -0.05) is 5.16 Å². The number of hydrogen-bond donors (Lipinski definition) is 2. The Balaban J connectivity index is 1.19. The van der Waals surface area contributed by atoms with Crippen molar-refractivity contribution in [2.45, 2.75) is 19.4 Å². The summed E-state index contributed by atoms with van der Waals surface area (Å²) >= 11 is 0. The van der Waals surface area contributed by atoms with E-state index in [9.17, 15) is 0 Å². The molecule has 3 aromatic rings. The molecule has 0 aromatic carbocycles. The summed E-state index contributed by atoms with van der Waals surface area (Å²) in [4.78, 5) is 26.9. The summed E-state index contributed by atoms with van der Waals surface area (Å²) in [6.07, 6.45) is 7.91. The van der Waals surface area contributed by atoms with E-state index in [1.165, 1.54) is 24.7 Å². The minimum absolute atomic E-state index is 0.399. The molecule has 1 aliphatic carbocycles. The molecule has 0 atom stereocenters. The van der Waals surface area contributed by atoms with Crippen LogP contribution in [-0.4, -0.2) is 75.6 Å². The number of nitrogens with one attached hydrogen (secondary N) is 2. The van der Waals surface area contributed by atoms with Crippen molar-refractivity contribution < 1.29 is 4.52 Å². The lowest BCUT2D eigenvalue weighted by atomic mass is 10.2. The van der Waals surface area contributed by atoms with Crippen molar-refractivity contribution in [3.05, 3.63) is 48.1 Å². The van der Waals surface area contributed by atoms with E-state index >= 15 is 0 Å². The Morgan fingerprint density at radius 3 is 2.77 bits per heavy atom. The third kappa shape index (κ3) is 5.14. The smallest absolute Gasteiger partial charge is 0.227 e. The van der Waals surface area contributed by atoms with Crippen LogP contribution >= 0.6 is 0 Å². The second-order valence-electron chi connectivity index (χ2n) is 9.17. The normalized spacial score (nSPS) is 18.4. The van der Waals surface area contributed by atoms with Gasteiger partial charge in [0.1, 0.15) is 29.5 Å². The average molecular weight is 473 g/mol. The highest BCUT2D eigenvalue weighted by Gasteiger charge is 2.28. The number of piperazine rings is 1. The molecule has 2 aliphatic heterocycles. The van der Waals surface area contributed by atoms with Crippen LogP contribution in [0.15, 0.2) is 51.9 Å². The van der Waals surface area contributed by atoms with Crippen molar-refractivity contribution in [2.75, 3.05) is 55.3 Å². The molecule has 2 fully saturated rings. The molecule has 0 amide bonds. The zero-order valence-electron chi connectivity index (χ0n) is 19.7. The molecule has 3 aliphatic rings. The molecule has 6 rings (SSSR count). The molecule has 11 nitrogen and oxygen atoms in total. The van der Waals surface area contributed by atoms with Crippen LogP contribution in [0.4, 0.5) is 17.6 Å². The summed E-state index contributed by atoms with van der Waals surface area (Å²) < 4.78 is 5.49. The van der Waals surface area contributed by atoms with Gasteiger partial charge in [0.2, 0.25) is 5.95 Å². The van der Waals surface area contributed by atoms with Gasteiger partial charge in [-0.2, -0.15) is 9.97 Å². The number of anilines is 3. The van der Waals surface area contributed by atoms with Crippen molar-refractivity contribution in [3.8, 4) is 11.4 Å². The van der Waals surface area contributed by atoms with Crippen LogP contribution in [0.25, 0.3) is 11.4 Å². The van der Waals surface area contributed by atoms with Crippen LogP contribution in [0, 0.1) is 5.92 Å². The van der Waals surface area contributed by atoms with E-state index in [0.29, 0.717) is 29.6 Å². The van der Waals surface area contributed by atoms with Gasteiger partial charge in [-0.15, -0.1) is 0 Å². The minimum atomic E-state index is 0.399. The molecule has 1 saturated carbocycles. The molecule has 0 radical (unpaired) electrons. The van der Waals surface area contributed by atoms with Crippen LogP contribution in [0.1, 0.15) is 18.6 Å². The second kappa shape index (κ2) is 9.41. The van der Waals surface area contributed by atoms with Crippen molar-refractivity contribution in [1.29, 1.82) is 0 Å². The topological polar surface area (TPSA) is 120 Å². The lowest BCUT2D eigenvalue weighted by Gasteiger charge is -2.33. The van der Waals surface area contributed by atoms with Gasteiger partial charge in [0, 0.05) is 44.5 Å². The fraction of sp³-hybridized carbons (Fsp3) is 0.417. The summed E-state index contributed by atoms with van der Waals surface area (Å²) in [6, 6.07) is 5.66. The highest BCUT2D eigenvalue weighted by Crippen LogP contribution is 2.38. The molecule has 11 heteroatoms. The van der Waals surface area contributed by atoms with Crippen LogP contribution < -0.4 is 15.5 Å². The molecule has 2 N–H and O–H groups in total. The third-order valence-electron chi connectivity index (χ3n) is 6.48. The number of aliphatic imine (C=N–C) groups is 1. The summed E-state index contributed by atoms with van der Waals surface area (Å²) in [5, 5.41) is 10.8. The number of aromatic nitrogens is 5. The SMILES string of the molecule is CN1CCN(c2cc(NC3=NCC(C4CC4)=C3)nc(NCc3cc(-c4ccncn4)no3)n2)CC1. The van der Waals surface area contributed by atoms with Crippen LogP contribution in [0.5, 0.6) is 0 Å². The maximum atomic E-state index is 5.49. The molecule has 0 bridgehead atoms. The summed E-state index contributed by atoms with van der Waals surface area (Å²) in [6.45, 7) is 5.03. The lowest BCUT2D eigenvalue weighted by molar-refractivity contribution is 0.312. The largest absolute Gasteiger partial charge is 0.359 e. The van der Waals surface area contributed by atoms with E-state index in [2.05, 4.69) is 53.7 Å². The highest BCUT2D eigenvalue weighted by atomic mass is 16.5. The van der Waals surface area contributed by atoms with Gasteiger partial charge in [0.15, 0.2) is 5.76 Å². The fourth-order valence-corrected chi connectivity index (χ4v) is 4.25. The standard InChI is InChI=1S/C24H28N10O/c1-33-6-8-34(9-7-33)23-12-22(29-21-10-17(13-26-21)16-2-3-16)30-24(31-23)27-14-18-11-20(32-35-18)19-4-5-25-15-28-19/h4-5,10-12,15-16H,2-3,6-9,13-14H2,1H3,(H2,26,27,29,30,31). The van der Waals surface area contributed by atoms with Crippen molar-refractivity contribution in [1.82, 2.24) is 30.0 Å². The van der Waals surface area contributed by atoms with Gasteiger partial charge in [-0.25, -0.2) is 9.97 Å². The highest BCUT2D eigenvalue weighted by molar-refractivity contribution is 6.05. The zero-order chi connectivity index (χ0) is 23.6. The summed E-state index contributed by atoms with van der Waals surface area (Å²) in [5.74, 6) is 4.39. The van der Waals surface area contributed by atoms with Gasteiger partial charge < -0.3 is 25.0 Å². The predicted molar refractivity (Wildman–Crippen MR) is 133 cm³/mol. The van der Waals surface area contributed by atoms with Crippen LogP contribution in [0.3, 0.4) is 0 Å². The van der Waals surface area contributed by atoms with Gasteiger partial charge >= 0.3 is 0 Å². The van der Waals surface area contributed by atoms with Gasteiger partial charge in [-0.3, -0.25) is 4.99 Å². The third-order valence-corrected chi connectivity index (χ3v) is 6.48. The zero-order valence-corrected chi connectivity index (χ0v) is 19.7. The van der Waals surface area contributed by atoms with Gasteiger partial charge in [0.05, 0.1) is 18.8 Å². The summed E-state index contributed by atoms with van der Waals surface area (Å²) in [7, 11) is 2.15. The quantitative estimate of drug-likeness (QED) is 0.530. The number of nitrogens with zero attached hydrogens (tertiary/aromatic N) is 8. The number of likely N-dealkylation sites (N-methyl/N-ethyl adjacent to an activating group) is 1. The first kappa shape index (κ1) is 21.7. The van der Waals surface area contributed by atoms with Crippen LogP contribution in [0.2, 0.25) is 0 Å². The molecular weight excluding hydrogens is 444 g/mol. The second-order valence-corrected chi connectivity index (χ2v) is 9.17. The van der Waals surface area contributed by atoms with E-state index in [-0.39, 0.29) is 0 Å². The van der Waals surface area contributed by atoms with Gasteiger partial charge in [0.25, 0.3) is 0 Å². The Morgan fingerprint density at radius 2 is 1.97 bits per heavy atom. The Bertz CT molecular complexity index is 1240. The molecule has 3 aromatic heterocycles. The van der Waals surface area contributed by atoms with E-state index < -0.39 is 0 Å². The van der Waals surface area contributed by atoms with E-state index in [4.69, 9.17) is 14.5 Å². The number of amidine groups is 1. The fourth-order valence-electron chi connectivity index (χ4n) is 4.25. The molecule has 180 valence electrons. The lowest BCUT2D eigenvalue weighted by Crippen LogP contribution is -2.44. The monoisotopic (exact) mass is 472 g/mol. The molecule has 1 saturated heterocycles. The summed E-state index contributed by atoms with van der Waals surface area (Å²) in [5.41, 5.74) is 2.80. The first-order chi connectivity index (χ1) is 17.2. The Hall–Kier alpha value is -3.86. The maximum Gasteiger partial charge on any atom is 0.227 e. The van der Waals surface area contributed by atoms with E-state index in [1.807, 2.05) is 12.1 Å². The van der Waals surface area contributed by atoms with Crippen molar-refractivity contribution >= 4 is 23.4 Å². The number of rotatable bonds is 7. The Kier molecular flexibility index (Phi) is 5.83. The van der Waals surface area contributed by atoms with Crippen molar-refractivity contribution in [2.24, 2.45) is 10.9 Å². The first-order valence-corrected chi connectivity index (χ1v) is 12.0. The van der Waals surface area contributed by atoms with Crippen molar-refractivity contribution in [3.63, 3.8) is 0 Å². The molecular formula is C24H28N10O. The Morgan fingerprint density at radius 1 is 1.09 bits per heavy atom. The molecule has 5 heterocycles. The maximum absolute atomic E-state index is 5.49. The van der Waals surface area contributed by atoms with Gasteiger partial charge in [-0.05, 0) is 43.5 Å². The van der Waals surface area contributed by atoms with E-state index in [0.717, 1.165) is 56.1 Å². The minimum Gasteiger partial charge on any atom is -0.359 e. The molecule has 0 unspecified atom stereocenters. The first-order valence-electron chi connectivity index (χ1n) is 12.0.